The van der Waals surface area contributed by atoms with Crippen LogP contribution in [0.25, 0.3) is 0 Å². The van der Waals surface area contributed by atoms with Crippen LogP contribution in [-0.4, -0.2) is 36.6 Å². The van der Waals surface area contributed by atoms with Crippen molar-refractivity contribution in [2.45, 2.75) is 71.8 Å². The molecule has 7 nitrogen and oxygen atoms in total. The Balaban J connectivity index is 2.09. The van der Waals surface area contributed by atoms with Gasteiger partial charge in [-0.05, 0) is 64.2 Å². The fourth-order valence-electron chi connectivity index (χ4n) is 3.90. The van der Waals surface area contributed by atoms with Gasteiger partial charge in [0.05, 0.1) is 11.3 Å². The van der Waals surface area contributed by atoms with Crippen molar-refractivity contribution in [1.82, 2.24) is 10.6 Å². The highest BCUT2D eigenvalue weighted by molar-refractivity contribution is 6.31. The second-order valence-corrected chi connectivity index (χ2v) is 9.63. The number of amides is 3. The van der Waals surface area contributed by atoms with Crippen molar-refractivity contribution in [3.8, 4) is 0 Å². The second-order valence-electron chi connectivity index (χ2n) is 9.19. The average Bonchev–Trinajstić information content (AvgIpc) is 2.67. The van der Waals surface area contributed by atoms with Crippen molar-refractivity contribution in [2.24, 2.45) is 5.41 Å². The third-order valence-corrected chi connectivity index (χ3v) is 5.53. The minimum absolute atomic E-state index is 0.194. The molecule has 1 aromatic carbocycles. The molecule has 3 N–H and O–H groups in total. The molecule has 1 saturated carbocycles. The molecule has 0 aliphatic heterocycles. The molecule has 0 heterocycles. The third-order valence-electron chi connectivity index (χ3n) is 5.29. The van der Waals surface area contributed by atoms with E-state index in [1.54, 1.807) is 18.2 Å². The highest BCUT2D eigenvalue weighted by atomic mass is 35.5. The first-order chi connectivity index (χ1) is 14.5. The minimum atomic E-state index is -0.578. The lowest BCUT2D eigenvalue weighted by Crippen LogP contribution is -2.43. The summed E-state index contributed by atoms with van der Waals surface area (Å²) in [6.07, 6.45) is 4.60. The zero-order valence-corrected chi connectivity index (χ0v) is 19.7. The van der Waals surface area contributed by atoms with Crippen LogP contribution in [0.5, 0.6) is 0 Å². The van der Waals surface area contributed by atoms with Crippen LogP contribution in [0, 0.1) is 5.41 Å². The average molecular weight is 452 g/mol. The number of anilines is 1. The molecule has 0 unspecified atom stereocenters. The van der Waals surface area contributed by atoms with Crippen LogP contribution in [0.1, 0.15) is 76.6 Å². The van der Waals surface area contributed by atoms with Crippen molar-refractivity contribution in [1.29, 1.82) is 0 Å². The van der Waals surface area contributed by atoms with E-state index < -0.39 is 11.7 Å². The number of ether oxygens (including phenoxy) is 1. The van der Waals surface area contributed by atoms with Gasteiger partial charge in [-0.15, -0.1) is 0 Å². The maximum atomic E-state index is 13.0. The summed E-state index contributed by atoms with van der Waals surface area (Å²) in [7, 11) is 0. The predicted octanol–water partition coefficient (Wildman–Crippen LogP) is 4.89. The van der Waals surface area contributed by atoms with E-state index >= 15 is 0 Å². The summed E-state index contributed by atoms with van der Waals surface area (Å²) in [4.78, 5) is 37.5. The molecule has 172 valence electrons. The normalized spacial score (nSPS) is 15.6. The van der Waals surface area contributed by atoms with Crippen molar-refractivity contribution in [2.75, 3.05) is 18.4 Å². The number of carbonyl (C=O) groups excluding carboxylic acids is 3. The minimum Gasteiger partial charge on any atom is -0.444 e. The topological polar surface area (TPSA) is 96.5 Å². The zero-order chi connectivity index (χ0) is 23.1. The van der Waals surface area contributed by atoms with Gasteiger partial charge < -0.3 is 20.7 Å². The molecule has 8 heteroatoms. The van der Waals surface area contributed by atoms with E-state index in [1.807, 2.05) is 27.7 Å². The van der Waals surface area contributed by atoms with Crippen LogP contribution >= 0.6 is 11.6 Å². The molecule has 0 bridgehead atoms. The summed E-state index contributed by atoms with van der Waals surface area (Å²) in [5, 5.41) is 8.88. The number of rotatable bonds is 7. The Morgan fingerprint density at radius 2 is 1.77 bits per heavy atom. The molecule has 0 spiro atoms. The van der Waals surface area contributed by atoms with Crippen LogP contribution in [0.4, 0.5) is 10.5 Å². The van der Waals surface area contributed by atoms with Gasteiger partial charge in [0.25, 0.3) is 5.91 Å². The monoisotopic (exact) mass is 451 g/mol. The molecular formula is C23H34ClN3O4. The Bertz CT molecular complexity index is 799. The van der Waals surface area contributed by atoms with Crippen LogP contribution in [-0.2, 0) is 9.53 Å². The number of hydrogen-bond donors (Lipinski definition) is 3. The zero-order valence-electron chi connectivity index (χ0n) is 18.9. The molecule has 0 radical (unpaired) electrons. The molecule has 3 amide bonds. The Morgan fingerprint density at radius 1 is 1.10 bits per heavy atom. The first kappa shape index (κ1) is 25.0. The van der Waals surface area contributed by atoms with Gasteiger partial charge in [-0.25, -0.2) is 4.79 Å². The van der Waals surface area contributed by atoms with Crippen molar-refractivity contribution in [3.05, 3.63) is 28.8 Å². The molecule has 1 aromatic rings. The van der Waals surface area contributed by atoms with E-state index in [0.29, 0.717) is 29.4 Å². The Kier molecular flexibility index (Phi) is 8.74. The highest BCUT2D eigenvalue weighted by Gasteiger charge is 2.35. The highest BCUT2D eigenvalue weighted by Crippen LogP contribution is 2.39. The number of benzene rings is 1. The van der Waals surface area contributed by atoms with Gasteiger partial charge in [-0.3, -0.25) is 9.59 Å². The first-order valence-electron chi connectivity index (χ1n) is 10.9. The molecule has 0 aromatic heterocycles. The largest absolute Gasteiger partial charge is 0.444 e. The number of hydrogen-bond acceptors (Lipinski definition) is 4. The van der Waals surface area contributed by atoms with Gasteiger partial charge >= 0.3 is 6.09 Å². The molecule has 1 aliphatic rings. The molecule has 1 fully saturated rings. The third kappa shape index (κ3) is 8.05. The van der Waals surface area contributed by atoms with Crippen molar-refractivity contribution >= 4 is 35.2 Å². The Hall–Kier alpha value is -2.28. The van der Waals surface area contributed by atoms with E-state index in [-0.39, 0.29) is 23.7 Å². The summed E-state index contributed by atoms with van der Waals surface area (Å²) >= 11 is 6.05. The summed E-state index contributed by atoms with van der Waals surface area (Å²) in [6.45, 7) is 8.11. The van der Waals surface area contributed by atoms with Gasteiger partial charge in [0.2, 0.25) is 5.91 Å². The van der Waals surface area contributed by atoms with E-state index in [2.05, 4.69) is 16.0 Å². The summed E-state index contributed by atoms with van der Waals surface area (Å²) in [6, 6.07) is 4.82. The smallest absolute Gasteiger partial charge is 0.407 e. The van der Waals surface area contributed by atoms with Gasteiger partial charge in [0.15, 0.2) is 0 Å². The maximum absolute atomic E-state index is 13.0. The fraction of sp³-hybridized carbons (Fsp3) is 0.609. The molecule has 2 rings (SSSR count). The van der Waals surface area contributed by atoms with Crippen molar-refractivity contribution in [3.63, 3.8) is 0 Å². The quantitative estimate of drug-likeness (QED) is 0.549. The van der Waals surface area contributed by atoms with E-state index in [0.717, 1.165) is 32.1 Å². The lowest BCUT2D eigenvalue weighted by Gasteiger charge is -2.37. The molecule has 0 atom stereocenters. The van der Waals surface area contributed by atoms with Crippen LogP contribution < -0.4 is 16.0 Å². The number of halogens is 1. The van der Waals surface area contributed by atoms with Gasteiger partial charge in [0, 0.05) is 24.5 Å². The lowest BCUT2D eigenvalue weighted by molar-refractivity contribution is -0.119. The first-order valence-corrected chi connectivity index (χ1v) is 11.3. The number of nitrogens with one attached hydrogen (secondary N) is 3. The van der Waals surface area contributed by atoms with Crippen LogP contribution in [0.2, 0.25) is 5.02 Å². The van der Waals surface area contributed by atoms with Gasteiger partial charge in [-0.2, -0.15) is 0 Å². The standard InChI is InChI=1S/C23H34ClN3O4/c1-5-25-20(29)17-13-16(24)9-10-18(17)27-19(28)14-23(11-7-6-8-12-23)15-26-21(30)31-22(2,3)4/h9-10,13H,5-8,11-12,14-15H2,1-4H3,(H,25,29)(H,26,30)(H,27,28). The lowest BCUT2D eigenvalue weighted by atomic mass is 9.71. The summed E-state index contributed by atoms with van der Waals surface area (Å²) in [5.74, 6) is -0.486. The fourth-order valence-corrected chi connectivity index (χ4v) is 4.07. The van der Waals surface area contributed by atoms with E-state index in [4.69, 9.17) is 16.3 Å². The molecule has 0 saturated heterocycles. The van der Waals surface area contributed by atoms with Crippen LogP contribution in [0.15, 0.2) is 18.2 Å². The second kappa shape index (κ2) is 10.8. The Morgan fingerprint density at radius 3 is 2.39 bits per heavy atom. The van der Waals surface area contributed by atoms with E-state index in [1.165, 1.54) is 0 Å². The van der Waals surface area contributed by atoms with Crippen molar-refractivity contribution < 1.29 is 19.1 Å². The maximum Gasteiger partial charge on any atom is 0.407 e. The van der Waals surface area contributed by atoms with Crippen LogP contribution in [0.3, 0.4) is 0 Å². The predicted molar refractivity (Wildman–Crippen MR) is 122 cm³/mol. The SMILES string of the molecule is CCNC(=O)c1cc(Cl)ccc1NC(=O)CC1(CNC(=O)OC(C)(C)C)CCCCC1. The summed E-state index contributed by atoms with van der Waals surface area (Å²) in [5.41, 5.74) is -0.165. The van der Waals surface area contributed by atoms with Gasteiger partial charge in [0.1, 0.15) is 5.60 Å². The summed E-state index contributed by atoms with van der Waals surface area (Å²) < 4.78 is 5.34. The van der Waals surface area contributed by atoms with Gasteiger partial charge in [-0.1, -0.05) is 30.9 Å². The molecule has 31 heavy (non-hydrogen) atoms. The van der Waals surface area contributed by atoms with E-state index in [9.17, 15) is 14.4 Å². The molecular weight excluding hydrogens is 418 g/mol. The number of alkyl carbamates (subject to hydrolysis) is 1. The Labute approximate surface area is 189 Å². The molecule has 1 aliphatic carbocycles. The number of carbonyl (C=O) groups is 3.